The summed E-state index contributed by atoms with van der Waals surface area (Å²) in [5.74, 6) is 0.0408. The van der Waals surface area contributed by atoms with E-state index in [0.29, 0.717) is 32.3 Å². The second kappa shape index (κ2) is 4.73. The van der Waals surface area contributed by atoms with Crippen LogP contribution in [0, 0.1) is 5.92 Å². The second-order valence-corrected chi connectivity index (χ2v) is 9.26. The number of hydrogen-bond donors (Lipinski definition) is 1. The molecular formula is C10H19NO5S2. The zero-order chi connectivity index (χ0) is 13.4. The van der Waals surface area contributed by atoms with Gasteiger partial charge in [-0.05, 0) is 31.6 Å². The zero-order valence-corrected chi connectivity index (χ0v) is 11.8. The molecule has 0 radical (unpaired) electrons. The lowest BCUT2D eigenvalue weighted by Gasteiger charge is -2.42. The van der Waals surface area contributed by atoms with Gasteiger partial charge in [-0.15, -0.1) is 0 Å². The van der Waals surface area contributed by atoms with Gasteiger partial charge in [0.25, 0.3) is 0 Å². The third-order valence-corrected chi connectivity index (χ3v) is 6.45. The van der Waals surface area contributed by atoms with Gasteiger partial charge in [0.15, 0.2) is 9.84 Å². The molecule has 2 aliphatic rings. The summed E-state index contributed by atoms with van der Waals surface area (Å²) in [5, 5.41) is 5.05. The molecule has 1 spiro atoms. The van der Waals surface area contributed by atoms with Gasteiger partial charge >= 0.3 is 0 Å². The molecule has 0 bridgehead atoms. The summed E-state index contributed by atoms with van der Waals surface area (Å²) in [4.78, 5) is 0. The molecule has 2 atom stereocenters. The Morgan fingerprint density at radius 3 is 2.72 bits per heavy atom. The van der Waals surface area contributed by atoms with Crippen LogP contribution in [0.1, 0.15) is 25.7 Å². The molecule has 106 valence electrons. The van der Waals surface area contributed by atoms with Gasteiger partial charge in [-0.25, -0.2) is 22.0 Å². The van der Waals surface area contributed by atoms with Gasteiger partial charge in [0.1, 0.15) is 0 Å². The van der Waals surface area contributed by atoms with Crippen LogP contribution in [-0.2, 0) is 24.6 Å². The van der Waals surface area contributed by atoms with Gasteiger partial charge in [0, 0.05) is 6.61 Å². The van der Waals surface area contributed by atoms with Crippen LogP contribution < -0.4 is 5.14 Å². The maximum Gasteiger partial charge on any atom is 0.209 e. The highest BCUT2D eigenvalue weighted by Crippen LogP contribution is 2.37. The van der Waals surface area contributed by atoms with E-state index in [1.807, 2.05) is 0 Å². The average molecular weight is 297 g/mol. The van der Waals surface area contributed by atoms with Crippen LogP contribution in [0.5, 0.6) is 0 Å². The van der Waals surface area contributed by atoms with Gasteiger partial charge < -0.3 is 4.74 Å². The normalized spacial score (nSPS) is 36.6. The third kappa shape index (κ3) is 3.66. The quantitative estimate of drug-likeness (QED) is 0.750. The molecule has 0 amide bonds. The third-order valence-electron chi connectivity index (χ3n) is 3.63. The molecule has 2 heterocycles. The van der Waals surface area contributed by atoms with Crippen molar-refractivity contribution in [1.82, 2.24) is 0 Å². The van der Waals surface area contributed by atoms with Crippen LogP contribution >= 0.6 is 0 Å². The van der Waals surface area contributed by atoms with Crippen molar-refractivity contribution < 1.29 is 21.6 Å². The molecule has 18 heavy (non-hydrogen) atoms. The Kier molecular flexibility index (Phi) is 3.74. The van der Waals surface area contributed by atoms with Gasteiger partial charge in [-0.2, -0.15) is 0 Å². The number of sulfone groups is 1. The molecule has 0 aromatic rings. The average Bonchev–Trinajstić information content (AvgIpc) is 2.12. The fraction of sp³-hybridized carbons (Fsp3) is 1.00. The van der Waals surface area contributed by atoms with Gasteiger partial charge in [-0.1, -0.05) is 0 Å². The molecule has 0 aromatic heterocycles. The van der Waals surface area contributed by atoms with Crippen molar-refractivity contribution in [3.63, 3.8) is 0 Å². The van der Waals surface area contributed by atoms with Crippen LogP contribution in [0.2, 0.25) is 0 Å². The Morgan fingerprint density at radius 1 is 1.39 bits per heavy atom. The first kappa shape index (κ1) is 14.2. The minimum Gasteiger partial charge on any atom is -0.374 e. The molecule has 2 saturated heterocycles. The maximum absolute atomic E-state index is 11.7. The van der Waals surface area contributed by atoms with E-state index >= 15 is 0 Å². The molecule has 2 N–H and O–H groups in total. The lowest BCUT2D eigenvalue weighted by atomic mass is 9.85. The fourth-order valence-electron chi connectivity index (χ4n) is 3.03. The minimum absolute atomic E-state index is 0.0150. The molecule has 0 saturated carbocycles. The van der Waals surface area contributed by atoms with E-state index < -0.39 is 25.5 Å². The lowest BCUT2D eigenvalue weighted by Crippen LogP contribution is -2.50. The van der Waals surface area contributed by atoms with Crippen molar-refractivity contribution in [3.8, 4) is 0 Å². The molecule has 2 rings (SSSR count). The largest absolute Gasteiger partial charge is 0.374 e. The summed E-state index contributed by atoms with van der Waals surface area (Å²) in [6.07, 6.45) is 2.37. The maximum atomic E-state index is 11.7. The molecule has 0 aliphatic carbocycles. The predicted octanol–water partition coefficient (Wildman–Crippen LogP) is -0.351. The summed E-state index contributed by atoms with van der Waals surface area (Å²) >= 11 is 0. The second-order valence-electron chi connectivity index (χ2n) is 5.42. The topological polar surface area (TPSA) is 104 Å². The summed E-state index contributed by atoms with van der Waals surface area (Å²) in [5.41, 5.74) is -0.676. The summed E-state index contributed by atoms with van der Waals surface area (Å²) < 4.78 is 51.3. The highest BCUT2D eigenvalue weighted by molar-refractivity contribution is 7.91. The fourth-order valence-corrected chi connectivity index (χ4v) is 5.85. The smallest absolute Gasteiger partial charge is 0.209 e. The van der Waals surface area contributed by atoms with E-state index in [4.69, 9.17) is 9.88 Å². The van der Waals surface area contributed by atoms with Gasteiger partial charge in [0.2, 0.25) is 10.0 Å². The Balaban J connectivity index is 2.10. The monoisotopic (exact) mass is 297 g/mol. The van der Waals surface area contributed by atoms with Crippen molar-refractivity contribution in [2.24, 2.45) is 11.1 Å². The summed E-state index contributed by atoms with van der Waals surface area (Å²) in [7, 11) is -6.58. The number of primary sulfonamides is 1. The van der Waals surface area contributed by atoms with E-state index in [0.717, 1.165) is 0 Å². The van der Waals surface area contributed by atoms with E-state index in [-0.39, 0.29) is 23.2 Å². The van der Waals surface area contributed by atoms with Crippen molar-refractivity contribution in [1.29, 1.82) is 0 Å². The molecule has 0 aromatic carbocycles. The molecular weight excluding hydrogens is 278 g/mol. The first-order valence-corrected chi connectivity index (χ1v) is 9.58. The Hall–Kier alpha value is -0.180. The number of hydrogen-bond acceptors (Lipinski definition) is 5. The molecule has 2 unspecified atom stereocenters. The van der Waals surface area contributed by atoms with Crippen LogP contribution in [0.15, 0.2) is 0 Å². The van der Waals surface area contributed by atoms with Gasteiger partial charge in [-0.3, -0.25) is 0 Å². The summed E-state index contributed by atoms with van der Waals surface area (Å²) in [6.45, 7) is 0.412. The van der Waals surface area contributed by atoms with Gasteiger partial charge in [0.05, 0.1) is 22.9 Å². The van der Waals surface area contributed by atoms with Crippen molar-refractivity contribution >= 4 is 19.9 Å². The van der Waals surface area contributed by atoms with Crippen molar-refractivity contribution in [3.05, 3.63) is 0 Å². The SMILES string of the molecule is NS(=O)(=O)CC1CCOC2(CCCS(=O)(=O)C2)C1. The van der Waals surface area contributed by atoms with Crippen molar-refractivity contribution in [2.45, 2.75) is 31.3 Å². The molecule has 8 heteroatoms. The first-order chi connectivity index (χ1) is 8.20. The number of ether oxygens (including phenoxy) is 1. The Labute approximate surface area is 108 Å². The highest BCUT2D eigenvalue weighted by atomic mass is 32.2. The molecule has 2 fully saturated rings. The van der Waals surface area contributed by atoms with E-state index in [2.05, 4.69) is 0 Å². The van der Waals surface area contributed by atoms with Crippen LogP contribution in [0.25, 0.3) is 0 Å². The number of nitrogens with two attached hydrogens (primary N) is 1. The number of rotatable bonds is 2. The summed E-state index contributed by atoms with van der Waals surface area (Å²) in [6, 6.07) is 0. The standard InChI is InChI=1S/C10H19NO5S2/c11-18(14,15)7-9-2-4-16-10(6-9)3-1-5-17(12,13)8-10/h9H,1-8H2,(H2,11,14,15). The van der Waals surface area contributed by atoms with E-state index in [9.17, 15) is 16.8 Å². The molecule has 2 aliphatic heterocycles. The molecule has 6 nitrogen and oxygen atoms in total. The van der Waals surface area contributed by atoms with E-state index in [1.165, 1.54) is 0 Å². The predicted molar refractivity (Wildman–Crippen MR) is 67.3 cm³/mol. The van der Waals surface area contributed by atoms with Crippen LogP contribution in [-0.4, -0.2) is 46.3 Å². The Morgan fingerprint density at radius 2 is 2.11 bits per heavy atom. The van der Waals surface area contributed by atoms with Crippen LogP contribution in [0.3, 0.4) is 0 Å². The van der Waals surface area contributed by atoms with Crippen LogP contribution in [0.4, 0.5) is 0 Å². The zero-order valence-electron chi connectivity index (χ0n) is 10.2. The van der Waals surface area contributed by atoms with Crippen molar-refractivity contribution in [2.75, 3.05) is 23.9 Å². The lowest BCUT2D eigenvalue weighted by molar-refractivity contribution is -0.0859. The minimum atomic E-state index is -3.51. The first-order valence-electron chi connectivity index (χ1n) is 6.05. The highest BCUT2D eigenvalue weighted by Gasteiger charge is 2.44. The van der Waals surface area contributed by atoms with E-state index in [1.54, 1.807) is 0 Å². The number of sulfonamides is 1. The Bertz CT molecular complexity index is 508.